The molecule has 1 aliphatic rings. The summed E-state index contributed by atoms with van der Waals surface area (Å²) in [7, 11) is 0. The first kappa shape index (κ1) is 10.3. The molecule has 0 radical (unpaired) electrons. The number of halogens is 1. The van der Waals surface area contributed by atoms with Gasteiger partial charge < -0.3 is 5.32 Å². The third-order valence-corrected chi connectivity index (χ3v) is 3.47. The molecule has 0 amide bonds. The Hall–Kier alpha value is -0.230. The second kappa shape index (κ2) is 4.53. The van der Waals surface area contributed by atoms with Crippen LogP contribution in [0.25, 0.3) is 0 Å². The number of hydrogen-bond donors (Lipinski definition) is 1. The minimum Gasteiger partial charge on any atom is -0.314 e. The summed E-state index contributed by atoms with van der Waals surface area (Å²) >= 11 is 7.19. The molecule has 1 saturated heterocycles. The highest BCUT2D eigenvalue weighted by Gasteiger charge is 2.24. The summed E-state index contributed by atoms with van der Waals surface area (Å²) in [5, 5.41) is 12.1. The Kier molecular flexibility index (Phi) is 3.33. The summed E-state index contributed by atoms with van der Waals surface area (Å²) in [5.41, 5.74) is 0. The third-order valence-electron chi connectivity index (χ3n) is 2.46. The van der Waals surface area contributed by atoms with Crippen LogP contribution in [-0.2, 0) is 6.54 Å². The molecule has 78 valence electrons. The Bertz CT molecular complexity index is 299. The molecule has 1 aromatic heterocycles. The van der Waals surface area contributed by atoms with Gasteiger partial charge >= 0.3 is 0 Å². The first-order chi connectivity index (χ1) is 6.79. The fourth-order valence-electron chi connectivity index (χ4n) is 1.50. The molecule has 0 atom stereocenters. The molecule has 1 N–H and O–H groups in total. The van der Waals surface area contributed by atoms with Crippen LogP contribution in [0, 0.1) is 0 Å². The van der Waals surface area contributed by atoms with Gasteiger partial charge in [-0.05, 0) is 18.1 Å². The molecule has 6 heteroatoms. The number of hydrogen-bond acceptors (Lipinski definition) is 5. The maximum absolute atomic E-state index is 5.73. The Balaban J connectivity index is 1.93. The highest BCUT2D eigenvalue weighted by atomic mass is 35.5. The molecule has 0 bridgehead atoms. The van der Waals surface area contributed by atoms with Gasteiger partial charge in [0.05, 0.1) is 6.54 Å². The van der Waals surface area contributed by atoms with Gasteiger partial charge in [-0.15, -0.1) is 10.2 Å². The van der Waals surface area contributed by atoms with E-state index in [1.54, 1.807) is 0 Å². The lowest BCUT2D eigenvalue weighted by atomic mass is 10.1. The molecule has 1 aromatic rings. The Morgan fingerprint density at radius 1 is 1.57 bits per heavy atom. The van der Waals surface area contributed by atoms with Gasteiger partial charge in [-0.1, -0.05) is 18.3 Å². The third kappa shape index (κ3) is 2.23. The van der Waals surface area contributed by atoms with E-state index in [-0.39, 0.29) is 0 Å². The lowest BCUT2D eigenvalue weighted by molar-refractivity contribution is 0.145. The summed E-state index contributed by atoms with van der Waals surface area (Å²) in [5.74, 6) is 0. The fourth-order valence-corrected chi connectivity index (χ4v) is 2.39. The fraction of sp³-hybridized carbons (Fsp3) is 0.750. The van der Waals surface area contributed by atoms with Gasteiger partial charge in [0.2, 0.25) is 4.47 Å². The molecule has 0 saturated carbocycles. The summed E-state index contributed by atoms with van der Waals surface area (Å²) in [6.07, 6.45) is 0. The van der Waals surface area contributed by atoms with E-state index in [1.807, 2.05) is 0 Å². The van der Waals surface area contributed by atoms with Crippen molar-refractivity contribution < 1.29 is 0 Å². The van der Waals surface area contributed by atoms with Crippen LogP contribution in [0.5, 0.6) is 0 Å². The van der Waals surface area contributed by atoms with Crippen molar-refractivity contribution in [1.82, 2.24) is 20.4 Å². The first-order valence-electron chi connectivity index (χ1n) is 4.72. The van der Waals surface area contributed by atoms with Crippen LogP contribution >= 0.6 is 22.9 Å². The number of likely N-dealkylation sites (N-methyl/N-ethyl adjacent to an activating group) is 1. The van der Waals surface area contributed by atoms with E-state index in [4.69, 9.17) is 11.6 Å². The largest absolute Gasteiger partial charge is 0.314 e. The van der Waals surface area contributed by atoms with E-state index in [0.29, 0.717) is 10.5 Å². The van der Waals surface area contributed by atoms with E-state index in [9.17, 15) is 0 Å². The van der Waals surface area contributed by atoms with Crippen molar-refractivity contribution in [3.8, 4) is 0 Å². The van der Waals surface area contributed by atoms with Crippen LogP contribution in [-0.4, -0.2) is 40.8 Å². The quantitative estimate of drug-likeness (QED) is 0.841. The predicted molar refractivity (Wildman–Crippen MR) is 57.7 cm³/mol. The lowest BCUT2D eigenvalue weighted by Gasteiger charge is -2.36. The smallest absolute Gasteiger partial charge is 0.207 e. The minimum absolute atomic E-state index is 0.530. The highest BCUT2D eigenvalue weighted by Crippen LogP contribution is 2.18. The van der Waals surface area contributed by atoms with Crippen molar-refractivity contribution in [1.29, 1.82) is 0 Å². The van der Waals surface area contributed by atoms with Crippen LogP contribution in [0.15, 0.2) is 0 Å². The van der Waals surface area contributed by atoms with Crippen molar-refractivity contribution in [2.45, 2.75) is 19.5 Å². The molecule has 2 heterocycles. The molecule has 1 aliphatic heterocycles. The second-order valence-corrected chi connectivity index (χ2v) is 4.97. The molecule has 0 unspecified atom stereocenters. The zero-order chi connectivity index (χ0) is 9.97. The van der Waals surface area contributed by atoms with Crippen LogP contribution in [0.2, 0.25) is 4.47 Å². The van der Waals surface area contributed by atoms with E-state index < -0.39 is 0 Å². The molecule has 0 aromatic carbocycles. The zero-order valence-corrected chi connectivity index (χ0v) is 9.61. The van der Waals surface area contributed by atoms with Gasteiger partial charge in [-0.25, -0.2) is 0 Å². The minimum atomic E-state index is 0.530. The Morgan fingerprint density at radius 2 is 2.36 bits per heavy atom. The van der Waals surface area contributed by atoms with Crippen molar-refractivity contribution in [2.24, 2.45) is 0 Å². The van der Waals surface area contributed by atoms with E-state index in [2.05, 4.69) is 27.3 Å². The average molecular weight is 233 g/mol. The molecule has 2 rings (SSSR count). The Morgan fingerprint density at radius 3 is 2.79 bits per heavy atom. The maximum atomic E-state index is 5.73. The van der Waals surface area contributed by atoms with E-state index in [1.165, 1.54) is 11.3 Å². The summed E-state index contributed by atoms with van der Waals surface area (Å²) in [6, 6.07) is 0.655. The SMILES string of the molecule is CCN(Cc1nnc(Cl)s1)C1CNC1. The second-order valence-electron chi connectivity index (χ2n) is 3.32. The van der Waals surface area contributed by atoms with Gasteiger partial charge in [0.1, 0.15) is 5.01 Å². The maximum Gasteiger partial charge on any atom is 0.207 e. The van der Waals surface area contributed by atoms with Gasteiger partial charge in [-0.2, -0.15) is 0 Å². The molecule has 0 spiro atoms. The first-order valence-corrected chi connectivity index (χ1v) is 5.91. The summed E-state index contributed by atoms with van der Waals surface area (Å²) < 4.78 is 0.530. The van der Waals surface area contributed by atoms with Gasteiger partial charge in [0, 0.05) is 19.1 Å². The van der Waals surface area contributed by atoms with Gasteiger partial charge in [0.15, 0.2) is 0 Å². The lowest BCUT2D eigenvalue weighted by Crippen LogP contribution is -2.56. The molecule has 1 fully saturated rings. The van der Waals surface area contributed by atoms with Crippen molar-refractivity contribution in [2.75, 3.05) is 19.6 Å². The Labute approximate surface area is 92.3 Å². The van der Waals surface area contributed by atoms with Crippen molar-refractivity contribution >= 4 is 22.9 Å². The van der Waals surface area contributed by atoms with Crippen LogP contribution in [0.3, 0.4) is 0 Å². The van der Waals surface area contributed by atoms with E-state index in [0.717, 1.165) is 31.2 Å². The monoisotopic (exact) mass is 232 g/mol. The molecule has 0 aliphatic carbocycles. The van der Waals surface area contributed by atoms with Gasteiger partial charge in [0.25, 0.3) is 0 Å². The van der Waals surface area contributed by atoms with Gasteiger partial charge in [-0.3, -0.25) is 4.90 Å². The normalized spacial score (nSPS) is 17.4. The molecular formula is C8H13ClN4S. The number of aromatic nitrogens is 2. The number of nitrogens with zero attached hydrogens (tertiary/aromatic N) is 3. The highest BCUT2D eigenvalue weighted by molar-refractivity contribution is 7.15. The molecule has 4 nitrogen and oxygen atoms in total. The summed E-state index contributed by atoms with van der Waals surface area (Å²) in [6.45, 7) is 6.25. The number of nitrogens with one attached hydrogen (secondary N) is 1. The van der Waals surface area contributed by atoms with Crippen molar-refractivity contribution in [3.63, 3.8) is 0 Å². The topological polar surface area (TPSA) is 41.1 Å². The van der Waals surface area contributed by atoms with Crippen LogP contribution < -0.4 is 5.32 Å². The standard InChI is InChI=1S/C8H13ClN4S/c1-2-13(6-3-10-4-6)5-7-11-12-8(9)14-7/h6,10H,2-5H2,1H3. The summed E-state index contributed by atoms with van der Waals surface area (Å²) in [4.78, 5) is 2.40. The molecule has 14 heavy (non-hydrogen) atoms. The van der Waals surface area contributed by atoms with Crippen LogP contribution in [0.1, 0.15) is 11.9 Å². The van der Waals surface area contributed by atoms with Crippen molar-refractivity contribution in [3.05, 3.63) is 9.47 Å². The zero-order valence-electron chi connectivity index (χ0n) is 8.03. The predicted octanol–water partition coefficient (Wildman–Crippen LogP) is 0.985. The average Bonchev–Trinajstić information content (AvgIpc) is 2.47. The van der Waals surface area contributed by atoms with Crippen LogP contribution in [0.4, 0.5) is 0 Å². The number of rotatable bonds is 4. The molecular weight excluding hydrogens is 220 g/mol. The van der Waals surface area contributed by atoms with E-state index >= 15 is 0 Å².